The summed E-state index contributed by atoms with van der Waals surface area (Å²) in [5, 5.41) is 2.88. The second kappa shape index (κ2) is 8.34. The third kappa shape index (κ3) is 4.22. The molecule has 2 saturated heterocycles. The van der Waals surface area contributed by atoms with Crippen molar-refractivity contribution in [2.75, 3.05) is 13.1 Å². The average Bonchev–Trinajstić information content (AvgIpc) is 3.19. The maximum Gasteiger partial charge on any atom is 0.254 e. The number of nitrogens with one attached hydrogen (secondary N) is 3. The number of rotatable bonds is 4. The molecule has 2 aromatic carbocycles. The molecule has 0 saturated carbocycles. The van der Waals surface area contributed by atoms with Gasteiger partial charge in [0.15, 0.2) is 0 Å². The highest BCUT2D eigenvalue weighted by molar-refractivity contribution is 5.94. The second-order valence-corrected chi connectivity index (χ2v) is 7.41. The van der Waals surface area contributed by atoms with Crippen LogP contribution in [0.4, 0.5) is 8.78 Å². The van der Waals surface area contributed by atoms with E-state index in [4.69, 9.17) is 0 Å². The van der Waals surface area contributed by atoms with E-state index in [0.29, 0.717) is 0 Å². The normalized spacial score (nSPS) is 23.6. The molecule has 0 aliphatic carbocycles. The van der Waals surface area contributed by atoms with Gasteiger partial charge in [0.2, 0.25) is 0 Å². The van der Waals surface area contributed by atoms with Gasteiger partial charge >= 0.3 is 0 Å². The first kappa shape index (κ1) is 19.0. The third-order valence-electron chi connectivity index (χ3n) is 5.57. The zero-order chi connectivity index (χ0) is 19.5. The van der Waals surface area contributed by atoms with E-state index in [2.05, 4.69) is 33.2 Å². The Bertz CT molecular complexity index is 824. The van der Waals surface area contributed by atoms with Crippen molar-refractivity contribution in [3.8, 4) is 0 Å². The highest BCUT2D eigenvalue weighted by atomic mass is 19.1. The fraction of sp³-hybridized carbons (Fsp3) is 0.381. The molecule has 148 valence electrons. The molecule has 2 aliphatic rings. The Morgan fingerprint density at radius 2 is 1.79 bits per heavy atom. The van der Waals surface area contributed by atoms with Gasteiger partial charge in [-0.3, -0.25) is 9.69 Å². The number of hydrazine groups is 1. The van der Waals surface area contributed by atoms with Gasteiger partial charge in [-0.1, -0.05) is 30.3 Å². The van der Waals surface area contributed by atoms with E-state index in [1.807, 2.05) is 18.2 Å². The number of benzene rings is 2. The van der Waals surface area contributed by atoms with Crippen molar-refractivity contribution in [2.45, 2.75) is 37.5 Å². The largest absolute Gasteiger partial charge is 0.349 e. The van der Waals surface area contributed by atoms with Gasteiger partial charge in [-0.25, -0.2) is 19.6 Å². The van der Waals surface area contributed by atoms with Crippen LogP contribution >= 0.6 is 0 Å². The molecule has 0 aromatic heterocycles. The summed E-state index contributed by atoms with van der Waals surface area (Å²) in [6, 6.07) is 13.6. The summed E-state index contributed by atoms with van der Waals surface area (Å²) in [7, 11) is 0. The smallest absolute Gasteiger partial charge is 0.254 e. The molecular weight excluding hydrogens is 362 g/mol. The van der Waals surface area contributed by atoms with Crippen LogP contribution in [-0.4, -0.2) is 36.1 Å². The van der Waals surface area contributed by atoms with Crippen molar-refractivity contribution >= 4 is 5.91 Å². The van der Waals surface area contributed by atoms with Crippen molar-refractivity contribution in [2.24, 2.45) is 0 Å². The van der Waals surface area contributed by atoms with Crippen LogP contribution in [0.3, 0.4) is 0 Å². The molecule has 4 rings (SSSR count). The zero-order valence-electron chi connectivity index (χ0n) is 15.5. The number of carbonyl (C=O) groups excluding carboxylic acids is 1. The van der Waals surface area contributed by atoms with Crippen LogP contribution in [0, 0.1) is 11.6 Å². The fourth-order valence-electron chi connectivity index (χ4n) is 3.98. The van der Waals surface area contributed by atoms with E-state index in [1.54, 1.807) is 0 Å². The Hall–Kier alpha value is -2.35. The summed E-state index contributed by atoms with van der Waals surface area (Å²) < 4.78 is 26.8. The molecule has 7 heteroatoms. The lowest BCUT2D eigenvalue weighted by Gasteiger charge is -2.35. The SMILES string of the molecule is O=C(NC1CCN(C2CC(c3ccccc3)NN2)CC1)c1ccc(F)cc1F. The van der Waals surface area contributed by atoms with Gasteiger partial charge < -0.3 is 5.32 Å². The molecule has 1 amide bonds. The number of hydrogen-bond acceptors (Lipinski definition) is 4. The van der Waals surface area contributed by atoms with E-state index in [9.17, 15) is 13.6 Å². The van der Waals surface area contributed by atoms with Gasteiger partial charge in [-0.15, -0.1) is 0 Å². The van der Waals surface area contributed by atoms with Crippen molar-refractivity contribution in [3.05, 3.63) is 71.3 Å². The predicted octanol–water partition coefficient (Wildman–Crippen LogP) is 2.72. The molecule has 3 N–H and O–H groups in total. The number of piperidine rings is 1. The van der Waals surface area contributed by atoms with Crippen molar-refractivity contribution in [1.29, 1.82) is 0 Å². The molecule has 0 spiro atoms. The quantitative estimate of drug-likeness (QED) is 0.756. The summed E-state index contributed by atoms with van der Waals surface area (Å²) in [5.74, 6) is -2.00. The summed E-state index contributed by atoms with van der Waals surface area (Å²) in [6.45, 7) is 1.69. The van der Waals surface area contributed by atoms with E-state index in [0.717, 1.165) is 44.5 Å². The molecule has 2 atom stereocenters. The monoisotopic (exact) mass is 386 g/mol. The minimum Gasteiger partial charge on any atom is -0.349 e. The molecular formula is C21H24F2N4O. The molecule has 0 bridgehead atoms. The lowest BCUT2D eigenvalue weighted by atomic mass is 10.0. The Labute approximate surface area is 163 Å². The molecule has 28 heavy (non-hydrogen) atoms. The van der Waals surface area contributed by atoms with Crippen molar-refractivity contribution in [1.82, 2.24) is 21.1 Å². The average molecular weight is 386 g/mol. The highest BCUT2D eigenvalue weighted by Gasteiger charge is 2.32. The number of carbonyl (C=O) groups is 1. The Balaban J connectivity index is 1.27. The fourth-order valence-corrected chi connectivity index (χ4v) is 3.98. The lowest BCUT2D eigenvalue weighted by Crippen LogP contribution is -2.51. The lowest BCUT2D eigenvalue weighted by molar-refractivity contribution is 0.0876. The number of hydrogen-bond donors (Lipinski definition) is 3. The molecule has 0 radical (unpaired) electrons. The van der Waals surface area contributed by atoms with E-state index in [-0.39, 0.29) is 23.8 Å². The molecule has 2 aliphatic heterocycles. The topological polar surface area (TPSA) is 56.4 Å². The van der Waals surface area contributed by atoms with Crippen LogP contribution in [0.15, 0.2) is 48.5 Å². The Morgan fingerprint density at radius 3 is 2.50 bits per heavy atom. The Morgan fingerprint density at radius 1 is 1.04 bits per heavy atom. The molecule has 2 unspecified atom stereocenters. The third-order valence-corrected chi connectivity index (χ3v) is 5.57. The summed E-state index contributed by atoms with van der Waals surface area (Å²) >= 11 is 0. The van der Waals surface area contributed by atoms with Gasteiger partial charge in [0.25, 0.3) is 5.91 Å². The first-order valence-corrected chi connectivity index (χ1v) is 9.66. The van der Waals surface area contributed by atoms with Crippen LogP contribution in [0.2, 0.25) is 0 Å². The standard InChI is InChI=1S/C21H24F2N4O/c22-15-6-7-17(18(23)12-15)21(28)24-16-8-10-27(11-9-16)20-13-19(25-26-20)14-4-2-1-3-5-14/h1-7,12,16,19-20,25-26H,8-11,13H2,(H,24,28). The van der Waals surface area contributed by atoms with Gasteiger partial charge in [0.05, 0.1) is 11.7 Å². The van der Waals surface area contributed by atoms with Crippen LogP contribution < -0.4 is 16.2 Å². The van der Waals surface area contributed by atoms with Crippen molar-refractivity contribution in [3.63, 3.8) is 0 Å². The maximum atomic E-state index is 13.8. The van der Waals surface area contributed by atoms with Crippen LogP contribution in [0.25, 0.3) is 0 Å². The van der Waals surface area contributed by atoms with Gasteiger partial charge in [0, 0.05) is 31.2 Å². The maximum absolute atomic E-state index is 13.8. The minimum absolute atomic E-state index is 0.00696. The first-order valence-electron chi connectivity index (χ1n) is 9.66. The van der Waals surface area contributed by atoms with Gasteiger partial charge in [-0.05, 0) is 37.0 Å². The van der Waals surface area contributed by atoms with Crippen LogP contribution in [0.5, 0.6) is 0 Å². The number of likely N-dealkylation sites (tertiary alicyclic amines) is 1. The van der Waals surface area contributed by atoms with E-state index < -0.39 is 17.5 Å². The minimum atomic E-state index is -0.830. The van der Waals surface area contributed by atoms with E-state index in [1.165, 1.54) is 11.6 Å². The van der Waals surface area contributed by atoms with Crippen LogP contribution in [-0.2, 0) is 0 Å². The number of amides is 1. The molecule has 2 fully saturated rings. The van der Waals surface area contributed by atoms with Gasteiger partial charge in [0.1, 0.15) is 11.6 Å². The summed E-state index contributed by atoms with van der Waals surface area (Å²) in [5.41, 5.74) is 7.88. The first-order chi connectivity index (χ1) is 13.6. The summed E-state index contributed by atoms with van der Waals surface area (Å²) in [6.07, 6.45) is 2.81. The second-order valence-electron chi connectivity index (χ2n) is 7.41. The van der Waals surface area contributed by atoms with Crippen molar-refractivity contribution < 1.29 is 13.6 Å². The highest BCUT2D eigenvalue weighted by Crippen LogP contribution is 2.25. The Kier molecular flexibility index (Phi) is 5.66. The molecule has 2 heterocycles. The predicted molar refractivity (Wildman–Crippen MR) is 102 cm³/mol. The number of halogens is 2. The molecule has 5 nitrogen and oxygen atoms in total. The van der Waals surface area contributed by atoms with Gasteiger partial charge in [-0.2, -0.15) is 0 Å². The van der Waals surface area contributed by atoms with Crippen LogP contribution in [0.1, 0.15) is 41.2 Å². The number of nitrogens with zero attached hydrogens (tertiary/aromatic N) is 1. The zero-order valence-corrected chi connectivity index (χ0v) is 15.5. The van der Waals surface area contributed by atoms with E-state index >= 15 is 0 Å². The molecule has 2 aromatic rings. The summed E-state index contributed by atoms with van der Waals surface area (Å²) in [4.78, 5) is 14.6.